The highest BCUT2D eigenvalue weighted by Crippen LogP contribution is 2.34. The summed E-state index contributed by atoms with van der Waals surface area (Å²) >= 11 is 0. The first-order valence-electron chi connectivity index (χ1n) is 8.89. The Balaban J connectivity index is 2.39. The molecule has 2 rings (SSSR count). The van der Waals surface area contributed by atoms with Gasteiger partial charge in [-0.05, 0) is 24.0 Å². The number of carbonyl (C=O) groups excluding carboxylic acids is 3. The Morgan fingerprint density at radius 1 is 1.27 bits per heavy atom. The van der Waals surface area contributed by atoms with Crippen LogP contribution < -0.4 is 15.5 Å². The normalized spacial score (nSPS) is 18.6. The van der Waals surface area contributed by atoms with Crippen LogP contribution in [0, 0.1) is 11.8 Å². The number of para-hydroxylation sites is 2. The second-order valence-electron chi connectivity index (χ2n) is 6.90. The van der Waals surface area contributed by atoms with Crippen LogP contribution >= 0.6 is 0 Å². The van der Waals surface area contributed by atoms with Gasteiger partial charge in [-0.2, -0.15) is 0 Å². The number of esters is 1. The fourth-order valence-electron chi connectivity index (χ4n) is 3.10. The first-order valence-corrected chi connectivity index (χ1v) is 8.89. The average molecular weight is 361 g/mol. The van der Waals surface area contributed by atoms with E-state index in [4.69, 9.17) is 4.74 Å². The van der Waals surface area contributed by atoms with Crippen LogP contribution in [-0.4, -0.2) is 37.1 Å². The lowest BCUT2D eigenvalue weighted by molar-refractivity contribution is -0.144. The number of anilines is 2. The summed E-state index contributed by atoms with van der Waals surface area (Å²) in [5.74, 6) is -0.942. The largest absolute Gasteiger partial charge is 0.467 e. The van der Waals surface area contributed by atoms with Crippen molar-refractivity contribution in [3.05, 3.63) is 24.3 Å². The van der Waals surface area contributed by atoms with E-state index in [2.05, 4.69) is 10.6 Å². The van der Waals surface area contributed by atoms with Gasteiger partial charge in [0.25, 0.3) is 0 Å². The van der Waals surface area contributed by atoms with Gasteiger partial charge in [0.05, 0.1) is 18.5 Å². The maximum Gasteiger partial charge on any atom is 0.328 e. The monoisotopic (exact) mass is 361 g/mol. The molecule has 7 heteroatoms. The quantitative estimate of drug-likeness (QED) is 0.790. The van der Waals surface area contributed by atoms with Gasteiger partial charge in [0.15, 0.2) is 0 Å². The molecule has 1 heterocycles. The Labute approximate surface area is 154 Å². The predicted molar refractivity (Wildman–Crippen MR) is 100.0 cm³/mol. The highest BCUT2D eigenvalue weighted by atomic mass is 16.5. The van der Waals surface area contributed by atoms with Gasteiger partial charge in [0, 0.05) is 0 Å². The summed E-state index contributed by atoms with van der Waals surface area (Å²) in [4.78, 5) is 39.2. The summed E-state index contributed by atoms with van der Waals surface area (Å²) in [6.45, 7) is 7.57. The van der Waals surface area contributed by atoms with Gasteiger partial charge >= 0.3 is 12.0 Å². The first kappa shape index (κ1) is 19.8. The van der Waals surface area contributed by atoms with Crippen molar-refractivity contribution >= 4 is 29.3 Å². The lowest BCUT2D eigenvalue weighted by Gasteiger charge is -2.39. The van der Waals surface area contributed by atoms with E-state index in [1.54, 1.807) is 24.3 Å². The number of carbonyl (C=O) groups is 3. The minimum Gasteiger partial charge on any atom is -0.467 e. The fourth-order valence-corrected chi connectivity index (χ4v) is 3.10. The van der Waals surface area contributed by atoms with Gasteiger partial charge in [-0.1, -0.05) is 46.2 Å². The lowest BCUT2D eigenvalue weighted by atomic mass is 9.97. The van der Waals surface area contributed by atoms with Crippen LogP contribution in [0.25, 0.3) is 0 Å². The second kappa shape index (κ2) is 8.21. The molecule has 2 N–H and O–H groups in total. The van der Waals surface area contributed by atoms with Crippen molar-refractivity contribution in [2.24, 2.45) is 11.8 Å². The molecule has 3 amide bonds. The fraction of sp³-hybridized carbons (Fsp3) is 0.526. The molecule has 0 fully saturated rings. The van der Waals surface area contributed by atoms with Gasteiger partial charge in [0.1, 0.15) is 12.1 Å². The van der Waals surface area contributed by atoms with E-state index in [1.807, 2.05) is 27.7 Å². The molecule has 0 saturated carbocycles. The molecule has 142 valence electrons. The zero-order valence-corrected chi connectivity index (χ0v) is 15.9. The molecule has 1 aromatic rings. The summed E-state index contributed by atoms with van der Waals surface area (Å²) in [5.41, 5.74) is 1.18. The molecule has 0 aromatic heterocycles. The summed E-state index contributed by atoms with van der Waals surface area (Å²) in [6, 6.07) is 5.20. The van der Waals surface area contributed by atoms with Crippen molar-refractivity contribution in [3.63, 3.8) is 0 Å². The van der Waals surface area contributed by atoms with Gasteiger partial charge in [-0.15, -0.1) is 0 Å². The Hall–Kier alpha value is -2.57. The summed E-state index contributed by atoms with van der Waals surface area (Å²) in [5, 5.41) is 5.61. The summed E-state index contributed by atoms with van der Waals surface area (Å²) in [7, 11) is 1.30. The number of benzene rings is 1. The maximum absolute atomic E-state index is 13.1. The Morgan fingerprint density at radius 2 is 1.92 bits per heavy atom. The molecule has 1 aliphatic heterocycles. The third-order valence-electron chi connectivity index (χ3n) is 4.77. The standard InChI is InChI=1S/C19H27N3O4/c1-6-12(4)15(18(24)26-5)21-19(25)22-14-10-8-7-9-13(14)20-17(23)16(22)11(2)3/h7-12,15-16H,6H2,1-5H3,(H,20,23)(H,21,25)/t12-,15+,16-/m0/s1. The van der Waals surface area contributed by atoms with Crippen LogP contribution in [0.2, 0.25) is 0 Å². The highest BCUT2D eigenvalue weighted by molar-refractivity contribution is 6.12. The van der Waals surface area contributed by atoms with Crippen molar-refractivity contribution in [2.45, 2.75) is 46.2 Å². The van der Waals surface area contributed by atoms with Gasteiger partial charge < -0.3 is 15.4 Å². The van der Waals surface area contributed by atoms with Crippen LogP contribution in [0.4, 0.5) is 16.2 Å². The van der Waals surface area contributed by atoms with Crippen molar-refractivity contribution < 1.29 is 19.1 Å². The van der Waals surface area contributed by atoms with Crippen molar-refractivity contribution in [3.8, 4) is 0 Å². The third-order valence-corrected chi connectivity index (χ3v) is 4.77. The number of fused-ring (bicyclic) bond motifs is 1. The van der Waals surface area contributed by atoms with Crippen LogP contribution in [0.15, 0.2) is 24.3 Å². The minimum atomic E-state index is -0.775. The molecule has 3 atom stereocenters. The number of nitrogens with zero attached hydrogens (tertiary/aromatic N) is 1. The molecule has 7 nitrogen and oxygen atoms in total. The van der Waals surface area contributed by atoms with E-state index >= 15 is 0 Å². The van der Waals surface area contributed by atoms with Crippen molar-refractivity contribution in [1.29, 1.82) is 0 Å². The Bertz CT molecular complexity index is 689. The van der Waals surface area contributed by atoms with Crippen LogP contribution in [-0.2, 0) is 14.3 Å². The number of urea groups is 1. The smallest absolute Gasteiger partial charge is 0.328 e. The molecular formula is C19H27N3O4. The van der Waals surface area contributed by atoms with Crippen molar-refractivity contribution in [1.82, 2.24) is 5.32 Å². The molecule has 0 bridgehead atoms. The molecule has 1 aliphatic rings. The second-order valence-corrected chi connectivity index (χ2v) is 6.90. The summed E-state index contributed by atoms with van der Waals surface area (Å²) in [6.07, 6.45) is 0.699. The maximum atomic E-state index is 13.1. The lowest BCUT2D eigenvalue weighted by Crippen LogP contribution is -2.59. The summed E-state index contributed by atoms with van der Waals surface area (Å²) < 4.78 is 4.84. The van der Waals surface area contributed by atoms with Crippen molar-refractivity contribution in [2.75, 3.05) is 17.3 Å². The highest BCUT2D eigenvalue weighted by Gasteiger charge is 2.40. The average Bonchev–Trinajstić information content (AvgIpc) is 2.63. The number of hydrogen-bond acceptors (Lipinski definition) is 4. The first-order chi connectivity index (χ1) is 12.3. The number of nitrogens with one attached hydrogen (secondary N) is 2. The van der Waals surface area contributed by atoms with E-state index in [0.717, 1.165) is 0 Å². The number of methoxy groups -OCH3 is 1. The molecule has 1 aromatic carbocycles. The topological polar surface area (TPSA) is 87.7 Å². The molecule has 0 aliphatic carbocycles. The zero-order chi connectivity index (χ0) is 19.4. The van der Waals surface area contributed by atoms with E-state index < -0.39 is 24.1 Å². The van der Waals surface area contributed by atoms with Crippen LogP contribution in [0.3, 0.4) is 0 Å². The Kier molecular flexibility index (Phi) is 6.23. The van der Waals surface area contributed by atoms with Gasteiger partial charge in [-0.25, -0.2) is 9.59 Å². The number of hydrogen-bond donors (Lipinski definition) is 2. The number of ether oxygens (including phenoxy) is 1. The van der Waals surface area contributed by atoms with Crippen LogP contribution in [0.5, 0.6) is 0 Å². The zero-order valence-electron chi connectivity index (χ0n) is 15.9. The molecule has 0 saturated heterocycles. The van der Waals surface area contributed by atoms with E-state index in [0.29, 0.717) is 17.8 Å². The number of rotatable bonds is 5. The van der Waals surface area contributed by atoms with Gasteiger partial charge in [-0.3, -0.25) is 9.69 Å². The van der Waals surface area contributed by atoms with E-state index in [9.17, 15) is 14.4 Å². The minimum absolute atomic E-state index is 0.0993. The molecule has 0 radical (unpaired) electrons. The van der Waals surface area contributed by atoms with E-state index in [-0.39, 0.29) is 17.7 Å². The third kappa shape index (κ3) is 3.81. The molecular weight excluding hydrogens is 334 g/mol. The van der Waals surface area contributed by atoms with Gasteiger partial charge in [0.2, 0.25) is 5.91 Å². The predicted octanol–water partition coefficient (Wildman–Crippen LogP) is 2.77. The molecule has 26 heavy (non-hydrogen) atoms. The number of amides is 3. The molecule has 0 unspecified atom stereocenters. The molecule has 0 spiro atoms. The Morgan fingerprint density at radius 3 is 2.50 bits per heavy atom. The SMILES string of the molecule is CC[C@H](C)[C@@H](NC(=O)N1c2ccccc2NC(=O)[C@@H]1C(C)C)C(=O)OC. The van der Waals surface area contributed by atoms with Crippen LogP contribution in [0.1, 0.15) is 34.1 Å². The van der Waals surface area contributed by atoms with E-state index in [1.165, 1.54) is 12.0 Å².